The smallest absolute Gasteiger partial charge is 0.225 e. The first-order valence-corrected chi connectivity index (χ1v) is 6.32. The Labute approximate surface area is 117 Å². The number of rotatable bonds is 4. The molecule has 20 heavy (non-hydrogen) atoms. The van der Waals surface area contributed by atoms with Crippen molar-refractivity contribution in [2.45, 2.75) is 12.1 Å². The first kappa shape index (κ1) is 14.3. The minimum atomic E-state index is -1.40. The number of carbonyl (C=O) groups is 1. The number of carbonyl (C=O) groups excluding carboxylic acids is 1. The third kappa shape index (κ3) is 3.94. The molecule has 0 aliphatic heterocycles. The van der Waals surface area contributed by atoms with Gasteiger partial charge in [-0.1, -0.05) is 12.2 Å². The lowest BCUT2D eigenvalue weighted by atomic mass is 9.96. The molecule has 1 aromatic carbocycles. The number of aliphatic hydroxyl groups is 1. The standard InChI is InChI=1S/C15H18N2O3/c1-20-13-4-2-12(3-5-13)17-14(18)10-11-6-8-15(16,19)9-7-11/h2-9,11,19H,10,16H2,1H3,(H,17,18). The summed E-state index contributed by atoms with van der Waals surface area (Å²) < 4.78 is 5.05. The Morgan fingerprint density at radius 3 is 2.50 bits per heavy atom. The fraction of sp³-hybridized carbons (Fsp3) is 0.267. The summed E-state index contributed by atoms with van der Waals surface area (Å²) in [7, 11) is 1.59. The normalized spacial score (nSPS) is 24.4. The molecular weight excluding hydrogens is 256 g/mol. The van der Waals surface area contributed by atoms with Gasteiger partial charge in [0.1, 0.15) is 5.75 Å². The number of benzene rings is 1. The van der Waals surface area contributed by atoms with Crippen LogP contribution in [0.25, 0.3) is 0 Å². The molecule has 4 N–H and O–H groups in total. The van der Waals surface area contributed by atoms with Crippen LogP contribution < -0.4 is 15.8 Å². The lowest BCUT2D eigenvalue weighted by Crippen LogP contribution is -2.36. The van der Waals surface area contributed by atoms with Gasteiger partial charge in [0.25, 0.3) is 0 Å². The molecule has 5 nitrogen and oxygen atoms in total. The third-order valence-electron chi connectivity index (χ3n) is 3.02. The largest absolute Gasteiger partial charge is 0.497 e. The monoisotopic (exact) mass is 274 g/mol. The molecular formula is C15H18N2O3. The maximum atomic E-state index is 11.9. The van der Waals surface area contributed by atoms with Gasteiger partial charge in [-0.05, 0) is 36.4 Å². The number of amides is 1. The lowest BCUT2D eigenvalue weighted by molar-refractivity contribution is -0.116. The Kier molecular flexibility index (Phi) is 4.22. The first-order valence-electron chi connectivity index (χ1n) is 6.32. The number of anilines is 1. The van der Waals surface area contributed by atoms with Gasteiger partial charge in [0, 0.05) is 18.0 Å². The van der Waals surface area contributed by atoms with E-state index in [1.165, 1.54) is 12.2 Å². The number of ether oxygens (including phenoxy) is 1. The molecule has 0 saturated heterocycles. The van der Waals surface area contributed by atoms with Crippen LogP contribution in [0.15, 0.2) is 48.6 Å². The van der Waals surface area contributed by atoms with E-state index < -0.39 is 5.72 Å². The average molecular weight is 274 g/mol. The van der Waals surface area contributed by atoms with Crippen molar-refractivity contribution in [3.8, 4) is 5.75 Å². The third-order valence-corrected chi connectivity index (χ3v) is 3.02. The van der Waals surface area contributed by atoms with E-state index in [1.807, 2.05) is 0 Å². The molecule has 0 fully saturated rings. The lowest BCUT2D eigenvalue weighted by Gasteiger charge is -2.20. The molecule has 0 aromatic heterocycles. The molecule has 1 aliphatic carbocycles. The Morgan fingerprint density at radius 2 is 1.95 bits per heavy atom. The Hall–Kier alpha value is -2.11. The summed E-state index contributed by atoms with van der Waals surface area (Å²) in [4.78, 5) is 11.9. The highest BCUT2D eigenvalue weighted by Gasteiger charge is 2.19. The molecule has 0 heterocycles. The molecule has 0 spiro atoms. The van der Waals surface area contributed by atoms with Gasteiger partial charge in [-0.3, -0.25) is 10.5 Å². The highest BCUT2D eigenvalue weighted by atomic mass is 16.5. The molecule has 0 unspecified atom stereocenters. The van der Waals surface area contributed by atoms with Crippen molar-refractivity contribution < 1.29 is 14.6 Å². The SMILES string of the molecule is COc1ccc(NC(=O)CC2C=CC(N)(O)C=C2)cc1. The Bertz CT molecular complexity index is 517. The van der Waals surface area contributed by atoms with Crippen molar-refractivity contribution in [1.82, 2.24) is 0 Å². The van der Waals surface area contributed by atoms with Crippen molar-refractivity contribution >= 4 is 11.6 Å². The number of nitrogens with one attached hydrogen (secondary N) is 1. The van der Waals surface area contributed by atoms with E-state index in [-0.39, 0.29) is 11.8 Å². The van der Waals surface area contributed by atoms with Crippen LogP contribution in [-0.2, 0) is 4.79 Å². The highest BCUT2D eigenvalue weighted by Crippen LogP contribution is 2.19. The van der Waals surface area contributed by atoms with Crippen LogP contribution >= 0.6 is 0 Å². The van der Waals surface area contributed by atoms with Crippen LogP contribution in [-0.4, -0.2) is 23.8 Å². The van der Waals surface area contributed by atoms with Crippen LogP contribution in [0, 0.1) is 5.92 Å². The number of methoxy groups -OCH3 is 1. The van der Waals surface area contributed by atoms with E-state index in [1.54, 1.807) is 43.5 Å². The van der Waals surface area contributed by atoms with Gasteiger partial charge in [-0.25, -0.2) is 0 Å². The summed E-state index contributed by atoms with van der Waals surface area (Å²) in [6, 6.07) is 7.12. The maximum absolute atomic E-state index is 11.9. The first-order chi connectivity index (χ1) is 9.48. The summed E-state index contributed by atoms with van der Waals surface area (Å²) >= 11 is 0. The molecule has 0 atom stereocenters. The number of hydrogen-bond acceptors (Lipinski definition) is 4. The quantitative estimate of drug-likeness (QED) is 0.572. The topological polar surface area (TPSA) is 84.6 Å². The van der Waals surface area contributed by atoms with E-state index in [4.69, 9.17) is 10.5 Å². The number of nitrogens with two attached hydrogens (primary N) is 1. The zero-order valence-corrected chi connectivity index (χ0v) is 11.2. The molecule has 0 bridgehead atoms. The van der Waals surface area contributed by atoms with Crippen molar-refractivity contribution in [3.63, 3.8) is 0 Å². The second-order valence-electron chi connectivity index (χ2n) is 4.75. The van der Waals surface area contributed by atoms with Gasteiger partial charge in [0.2, 0.25) is 5.91 Å². The van der Waals surface area contributed by atoms with Crippen LogP contribution in [0.5, 0.6) is 5.75 Å². The van der Waals surface area contributed by atoms with Gasteiger partial charge < -0.3 is 15.2 Å². The molecule has 1 aliphatic rings. The van der Waals surface area contributed by atoms with Crippen LogP contribution in [0.3, 0.4) is 0 Å². The van der Waals surface area contributed by atoms with E-state index in [0.717, 1.165) is 11.4 Å². The molecule has 1 aromatic rings. The predicted molar refractivity (Wildman–Crippen MR) is 77.1 cm³/mol. The van der Waals surface area contributed by atoms with E-state index in [9.17, 15) is 9.90 Å². The van der Waals surface area contributed by atoms with E-state index >= 15 is 0 Å². The number of allylic oxidation sites excluding steroid dienone is 2. The van der Waals surface area contributed by atoms with Crippen LogP contribution in [0.4, 0.5) is 5.69 Å². The van der Waals surface area contributed by atoms with Crippen LogP contribution in [0.1, 0.15) is 6.42 Å². The van der Waals surface area contributed by atoms with Crippen molar-refractivity contribution in [2.75, 3.05) is 12.4 Å². The number of hydrogen-bond donors (Lipinski definition) is 3. The zero-order valence-electron chi connectivity index (χ0n) is 11.2. The summed E-state index contributed by atoms with van der Waals surface area (Å²) in [6.45, 7) is 0. The summed E-state index contributed by atoms with van der Waals surface area (Å²) in [5.41, 5.74) is 4.81. The Morgan fingerprint density at radius 1 is 1.35 bits per heavy atom. The maximum Gasteiger partial charge on any atom is 0.225 e. The summed E-state index contributed by atoms with van der Waals surface area (Å²) in [6.07, 6.45) is 6.73. The second kappa shape index (κ2) is 5.90. The molecule has 5 heteroatoms. The Balaban J connectivity index is 1.88. The minimum absolute atomic E-state index is 0.0583. The van der Waals surface area contributed by atoms with Gasteiger partial charge in [-0.2, -0.15) is 0 Å². The molecule has 0 radical (unpaired) electrons. The van der Waals surface area contributed by atoms with Crippen LogP contribution in [0.2, 0.25) is 0 Å². The minimum Gasteiger partial charge on any atom is -0.497 e. The van der Waals surface area contributed by atoms with Gasteiger partial charge in [0.15, 0.2) is 5.72 Å². The fourth-order valence-corrected chi connectivity index (χ4v) is 1.91. The predicted octanol–water partition coefficient (Wildman–Crippen LogP) is 1.41. The van der Waals surface area contributed by atoms with Gasteiger partial charge in [-0.15, -0.1) is 0 Å². The highest BCUT2D eigenvalue weighted by molar-refractivity contribution is 5.91. The van der Waals surface area contributed by atoms with Crippen molar-refractivity contribution in [2.24, 2.45) is 11.7 Å². The summed E-state index contributed by atoms with van der Waals surface area (Å²) in [5.74, 6) is 0.581. The van der Waals surface area contributed by atoms with Gasteiger partial charge >= 0.3 is 0 Å². The summed E-state index contributed by atoms with van der Waals surface area (Å²) in [5, 5.41) is 12.3. The second-order valence-corrected chi connectivity index (χ2v) is 4.75. The van der Waals surface area contributed by atoms with Crippen molar-refractivity contribution in [3.05, 3.63) is 48.6 Å². The van der Waals surface area contributed by atoms with E-state index in [0.29, 0.717) is 6.42 Å². The average Bonchev–Trinajstić information content (AvgIpc) is 2.42. The van der Waals surface area contributed by atoms with E-state index in [2.05, 4.69) is 5.32 Å². The van der Waals surface area contributed by atoms with Crippen molar-refractivity contribution in [1.29, 1.82) is 0 Å². The molecule has 2 rings (SSSR count). The zero-order chi connectivity index (χ0) is 14.6. The molecule has 106 valence electrons. The van der Waals surface area contributed by atoms with Gasteiger partial charge in [0.05, 0.1) is 7.11 Å². The fourth-order valence-electron chi connectivity index (χ4n) is 1.91. The molecule has 0 saturated carbocycles. The molecule has 1 amide bonds.